The molecule has 0 radical (unpaired) electrons. The first-order valence-electron chi connectivity index (χ1n) is 6.54. The average Bonchev–Trinajstić information content (AvgIpc) is 2.89. The Balaban J connectivity index is 2.16. The maximum Gasteiger partial charge on any atom is 0.263 e. The molecule has 2 aromatic rings. The Morgan fingerprint density at radius 3 is 2.75 bits per heavy atom. The molecule has 0 bridgehead atoms. The summed E-state index contributed by atoms with van der Waals surface area (Å²) in [6.07, 6.45) is 3.49. The van der Waals surface area contributed by atoms with Crippen LogP contribution in [0, 0.1) is 0 Å². The molecule has 1 amide bonds. The van der Waals surface area contributed by atoms with Crippen LogP contribution >= 0.6 is 11.3 Å². The molecule has 2 rings (SSSR count). The van der Waals surface area contributed by atoms with E-state index in [0.717, 1.165) is 11.3 Å². The van der Waals surface area contributed by atoms with Gasteiger partial charge in [-0.25, -0.2) is 4.98 Å². The van der Waals surface area contributed by atoms with E-state index in [1.165, 1.54) is 11.3 Å². The van der Waals surface area contributed by atoms with Gasteiger partial charge >= 0.3 is 0 Å². The van der Waals surface area contributed by atoms with Gasteiger partial charge in [-0.15, -0.1) is 11.3 Å². The predicted molar refractivity (Wildman–Crippen MR) is 80.9 cm³/mol. The highest BCUT2D eigenvalue weighted by Crippen LogP contribution is 2.27. The van der Waals surface area contributed by atoms with Crippen LogP contribution in [-0.2, 0) is 5.41 Å². The Bertz CT molecular complexity index is 587. The van der Waals surface area contributed by atoms with Gasteiger partial charge < -0.3 is 5.32 Å². The number of hydrogen-bond donors (Lipinski definition) is 1. The van der Waals surface area contributed by atoms with Crippen molar-refractivity contribution in [3.05, 3.63) is 46.2 Å². The normalized spacial score (nSPS) is 13.0. The van der Waals surface area contributed by atoms with Crippen molar-refractivity contribution < 1.29 is 4.79 Å². The Labute approximate surface area is 123 Å². The minimum atomic E-state index is -0.135. The van der Waals surface area contributed by atoms with Crippen molar-refractivity contribution in [3.8, 4) is 0 Å². The molecule has 0 saturated heterocycles. The van der Waals surface area contributed by atoms with Crippen molar-refractivity contribution in [1.82, 2.24) is 15.3 Å². The van der Waals surface area contributed by atoms with E-state index in [0.29, 0.717) is 4.88 Å². The smallest absolute Gasteiger partial charge is 0.263 e. The number of nitrogens with one attached hydrogen (secondary N) is 1. The molecule has 0 aliphatic carbocycles. The first-order chi connectivity index (χ1) is 9.39. The van der Waals surface area contributed by atoms with E-state index in [4.69, 9.17) is 0 Å². The summed E-state index contributed by atoms with van der Waals surface area (Å²) < 4.78 is 0. The molecule has 4 nitrogen and oxygen atoms in total. The molecular formula is C15H19N3OS. The van der Waals surface area contributed by atoms with Crippen LogP contribution < -0.4 is 5.32 Å². The minimum absolute atomic E-state index is 0.0752. The molecule has 0 aromatic carbocycles. The maximum atomic E-state index is 12.4. The van der Waals surface area contributed by atoms with E-state index in [1.807, 2.05) is 19.1 Å². The fourth-order valence-electron chi connectivity index (χ4n) is 1.92. The number of nitrogens with zero attached hydrogens (tertiary/aromatic N) is 2. The molecule has 1 N–H and O–H groups in total. The van der Waals surface area contributed by atoms with Gasteiger partial charge in [0.1, 0.15) is 4.88 Å². The number of carbonyl (C=O) groups excluding carboxylic acids is 1. The average molecular weight is 289 g/mol. The zero-order chi connectivity index (χ0) is 14.8. The SMILES string of the molecule is CC(NC(=O)c1scnc1C(C)(C)C)c1cccnc1. The summed E-state index contributed by atoms with van der Waals surface area (Å²) in [5.41, 5.74) is 3.43. The van der Waals surface area contributed by atoms with Crippen LogP contribution in [0.2, 0.25) is 0 Å². The minimum Gasteiger partial charge on any atom is -0.345 e. The van der Waals surface area contributed by atoms with Gasteiger partial charge in [0.25, 0.3) is 5.91 Å². The van der Waals surface area contributed by atoms with Crippen LogP contribution in [0.5, 0.6) is 0 Å². The lowest BCUT2D eigenvalue weighted by atomic mass is 9.91. The van der Waals surface area contributed by atoms with Crippen molar-refractivity contribution >= 4 is 17.2 Å². The van der Waals surface area contributed by atoms with Crippen molar-refractivity contribution in [3.63, 3.8) is 0 Å². The summed E-state index contributed by atoms with van der Waals surface area (Å²) in [5, 5.41) is 3.00. The van der Waals surface area contributed by atoms with Crippen LogP contribution in [0.15, 0.2) is 30.0 Å². The third-order valence-electron chi connectivity index (χ3n) is 3.02. The van der Waals surface area contributed by atoms with Gasteiger partial charge in [-0.1, -0.05) is 26.8 Å². The number of rotatable bonds is 3. The van der Waals surface area contributed by atoms with Crippen LogP contribution in [0.25, 0.3) is 0 Å². The van der Waals surface area contributed by atoms with Gasteiger partial charge in [0.2, 0.25) is 0 Å². The van der Waals surface area contributed by atoms with E-state index in [2.05, 4.69) is 36.1 Å². The molecule has 0 aliphatic heterocycles. The molecule has 1 atom stereocenters. The predicted octanol–water partition coefficient (Wildman–Crippen LogP) is 3.33. The molecule has 20 heavy (non-hydrogen) atoms. The van der Waals surface area contributed by atoms with Crippen LogP contribution in [0.1, 0.15) is 54.7 Å². The lowest BCUT2D eigenvalue weighted by molar-refractivity contribution is 0.0941. The van der Waals surface area contributed by atoms with Crippen molar-refractivity contribution in [2.75, 3.05) is 0 Å². The Morgan fingerprint density at radius 2 is 2.15 bits per heavy atom. The summed E-state index contributed by atoms with van der Waals surface area (Å²) in [6, 6.07) is 3.74. The highest BCUT2D eigenvalue weighted by Gasteiger charge is 2.25. The number of amides is 1. The van der Waals surface area contributed by atoms with Gasteiger partial charge in [-0.2, -0.15) is 0 Å². The van der Waals surface area contributed by atoms with E-state index in [1.54, 1.807) is 17.9 Å². The van der Waals surface area contributed by atoms with Gasteiger partial charge in [0, 0.05) is 17.8 Å². The van der Waals surface area contributed by atoms with Crippen molar-refractivity contribution in [1.29, 1.82) is 0 Å². The van der Waals surface area contributed by atoms with Crippen molar-refractivity contribution in [2.45, 2.75) is 39.2 Å². The second-order valence-corrected chi connectivity index (χ2v) is 6.62. The molecule has 0 fully saturated rings. The number of carbonyl (C=O) groups is 1. The molecule has 106 valence electrons. The van der Waals surface area contributed by atoms with Crippen molar-refractivity contribution in [2.24, 2.45) is 0 Å². The second-order valence-electron chi connectivity index (χ2n) is 5.76. The van der Waals surface area contributed by atoms with E-state index in [-0.39, 0.29) is 17.4 Å². The van der Waals surface area contributed by atoms with E-state index in [9.17, 15) is 4.79 Å². The van der Waals surface area contributed by atoms with Crippen LogP contribution in [0.4, 0.5) is 0 Å². The highest BCUT2D eigenvalue weighted by atomic mass is 32.1. The maximum absolute atomic E-state index is 12.4. The second kappa shape index (κ2) is 5.71. The quantitative estimate of drug-likeness (QED) is 0.943. The van der Waals surface area contributed by atoms with Gasteiger partial charge in [0.15, 0.2) is 0 Å². The lowest BCUT2D eigenvalue weighted by Crippen LogP contribution is -2.28. The third-order valence-corrected chi connectivity index (χ3v) is 3.84. The number of pyridine rings is 1. The molecule has 0 saturated carbocycles. The summed E-state index contributed by atoms with van der Waals surface area (Å²) >= 11 is 1.38. The summed E-state index contributed by atoms with van der Waals surface area (Å²) in [7, 11) is 0. The lowest BCUT2D eigenvalue weighted by Gasteiger charge is -2.19. The Kier molecular flexibility index (Phi) is 4.18. The third kappa shape index (κ3) is 3.22. The number of thiazole rings is 1. The van der Waals surface area contributed by atoms with Gasteiger partial charge in [0.05, 0.1) is 17.2 Å². The number of aromatic nitrogens is 2. The fourth-order valence-corrected chi connectivity index (χ4v) is 2.82. The Morgan fingerprint density at radius 1 is 1.40 bits per heavy atom. The molecule has 0 aliphatic rings. The largest absolute Gasteiger partial charge is 0.345 e. The molecular weight excluding hydrogens is 270 g/mol. The summed E-state index contributed by atoms with van der Waals surface area (Å²) in [6.45, 7) is 8.13. The van der Waals surface area contributed by atoms with E-state index >= 15 is 0 Å². The summed E-state index contributed by atoms with van der Waals surface area (Å²) in [4.78, 5) is 21.5. The summed E-state index contributed by atoms with van der Waals surface area (Å²) in [5.74, 6) is -0.0752. The number of hydrogen-bond acceptors (Lipinski definition) is 4. The standard InChI is InChI=1S/C15H19N3OS/c1-10(11-6-5-7-16-8-11)18-14(19)12-13(15(2,3)4)17-9-20-12/h5-10H,1-4H3,(H,18,19). The van der Waals surface area contributed by atoms with Gasteiger partial charge in [-0.05, 0) is 18.6 Å². The first-order valence-corrected chi connectivity index (χ1v) is 7.42. The Hall–Kier alpha value is -1.75. The zero-order valence-electron chi connectivity index (χ0n) is 12.2. The van der Waals surface area contributed by atoms with Gasteiger partial charge in [-0.3, -0.25) is 9.78 Å². The fraction of sp³-hybridized carbons (Fsp3) is 0.400. The monoisotopic (exact) mass is 289 g/mol. The zero-order valence-corrected chi connectivity index (χ0v) is 13.0. The first kappa shape index (κ1) is 14.7. The topological polar surface area (TPSA) is 54.9 Å². The van der Waals surface area contributed by atoms with E-state index < -0.39 is 0 Å². The molecule has 5 heteroatoms. The molecule has 2 heterocycles. The van der Waals surface area contributed by atoms with Crippen LogP contribution in [-0.4, -0.2) is 15.9 Å². The highest BCUT2D eigenvalue weighted by molar-refractivity contribution is 7.11. The molecule has 2 aromatic heterocycles. The molecule has 1 unspecified atom stereocenters. The molecule has 0 spiro atoms. The van der Waals surface area contributed by atoms with Crippen LogP contribution in [0.3, 0.4) is 0 Å².